The first-order valence-electron chi connectivity index (χ1n) is 1.60. The van der Waals surface area contributed by atoms with Crippen LogP contribution in [0.15, 0.2) is 6.08 Å². The van der Waals surface area contributed by atoms with Crippen LogP contribution in [0.4, 0.5) is 0 Å². The van der Waals surface area contributed by atoms with Crippen molar-refractivity contribution in [2.75, 3.05) is 12.8 Å². The molecule has 0 aromatic rings. The molecule has 0 nitrogen and oxygen atoms in total. The largest absolute Gasteiger partial charge is 3.00 e. The maximum atomic E-state index is 5.02. The van der Waals surface area contributed by atoms with Crippen LogP contribution in [-0.4, -0.2) is 12.8 Å². The van der Waals surface area contributed by atoms with Crippen LogP contribution < -0.4 is 0 Å². The summed E-state index contributed by atoms with van der Waals surface area (Å²) in [7, 11) is 0.977. The van der Waals surface area contributed by atoms with Gasteiger partial charge in [-0.25, -0.2) is 0 Å². The minimum Gasteiger partial charge on any atom is -0.518 e. The molecule has 0 saturated heterocycles. The summed E-state index contributed by atoms with van der Waals surface area (Å²) in [6, 6.07) is 0. The molecule has 1 atom stereocenters. The zero-order valence-electron chi connectivity index (χ0n) is 3.94. The predicted octanol–water partition coefficient (Wildman–Crippen LogP) is 1.28. The second kappa shape index (κ2) is 9.55. The van der Waals surface area contributed by atoms with Crippen LogP contribution in [0.5, 0.6) is 0 Å². The molecule has 6 heavy (non-hydrogen) atoms. The van der Waals surface area contributed by atoms with E-state index < -0.39 is 0 Å². The van der Waals surface area contributed by atoms with E-state index in [0.29, 0.717) is 0 Å². The summed E-state index contributed by atoms with van der Waals surface area (Å²) in [5.74, 6) is 0. The van der Waals surface area contributed by atoms with E-state index in [1.54, 1.807) is 6.08 Å². The van der Waals surface area contributed by atoms with Gasteiger partial charge in [0.25, 0.3) is 0 Å². The van der Waals surface area contributed by atoms with Crippen molar-refractivity contribution in [1.29, 1.82) is 0 Å². The van der Waals surface area contributed by atoms with E-state index in [0.717, 1.165) is 14.7 Å². The standard InChI is InChI=1S/C4H8P.Y/c1-3-4-5-2;/h1,3,5H,4H2,2H3;/q-1;+3. The fraction of sp³-hybridized carbons (Fsp3) is 0.500. The second-order valence-corrected chi connectivity index (χ2v) is 1.91. The van der Waals surface area contributed by atoms with Gasteiger partial charge in [-0.05, 0) is 12.8 Å². The molecule has 0 aliphatic rings. The average molecular weight is 176 g/mol. The molecule has 0 spiro atoms. The fourth-order valence-electron chi connectivity index (χ4n) is 0.118. The average Bonchev–Trinajstić information content (AvgIpc) is 1.41. The Morgan fingerprint density at radius 3 is 2.33 bits per heavy atom. The fourth-order valence-corrected chi connectivity index (χ4v) is 0.354. The zero-order chi connectivity index (χ0) is 4.12. The predicted molar refractivity (Wildman–Crippen MR) is 28.0 cm³/mol. The Balaban J connectivity index is 0. The molecule has 2 heteroatoms. The first kappa shape index (κ1) is 10.3. The van der Waals surface area contributed by atoms with Crippen LogP contribution in [0, 0.1) is 6.58 Å². The van der Waals surface area contributed by atoms with E-state index in [1.165, 1.54) is 0 Å². The van der Waals surface area contributed by atoms with Crippen molar-refractivity contribution in [3.05, 3.63) is 12.7 Å². The van der Waals surface area contributed by atoms with Crippen LogP contribution >= 0.6 is 8.58 Å². The van der Waals surface area contributed by atoms with Gasteiger partial charge >= 0.3 is 32.7 Å². The van der Waals surface area contributed by atoms with Crippen molar-refractivity contribution in [3.63, 3.8) is 0 Å². The Kier molecular flexibility index (Phi) is 16.4. The summed E-state index contributed by atoms with van der Waals surface area (Å²) < 4.78 is 0. The van der Waals surface area contributed by atoms with Gasteiger partial charge in [0, 0.05) is 0 Å². The van der Waals surface area contributed by atoms with Crippen LogP contribution in [0.3, 0.4) is 0 Å². The van der Waals surface area contributed by atoms with Gasteiger partial charge in [-0.15, -0.1) is 8.58 Å². The maximum Gasteiger partial charge on any atom is 3.00 e. The molecule has 0 fully saturated rings. The van der Waals surface area contributed by atoms with E-state index in [2.05, 4.69) is 6.66 Å². The van der Waals surface area contributed by atoms with Gasteiger partial charge < -0.3 is 6.58 Å². The van der Waals surface area contributed by atoms with Crippen molar-refractivity contribution in [2.24, 2.45) is 0 Å². The van der Waals surface area contributed by atoms with Crippen molar-refractivity contribution >= 4 is 8.58 Å². The summed E-state index contributed by atoms with van der Waals surface area (Å²) in [4.78, 5) is 0. The van der Waals surface area contributed by atoms with E-state index in [1.807, 2.05) is 0 Å². The van der Waals surface area contributed by atoms with E-state index in [4.69, 9.17) is 6.58 Å². The van der Waals surface area contributed by atoms with Gasteiger partial charge in [0.05, 0.1) is 0 Å². The molecule has 0 aromatic carbocycles. The molecule has 0 amide bonds. The Morgan fingerprint density at radius 2 is 2.33 bits per heavy atom. The van der Waals surface area contributed by atoms with Crippen molar-refractivity contribution in [1.82, 2.24) is 0 Å². The minimum atomic E-state index is 0. The normalized spacial score (nSPS) is 8.17. The Hall–Kier alpha value is 1.27. The molecule has 0 aliphatic carbocycles. The van der Waals surface area contributed by atoms with Crippen molar-refractivity contribution < 1.29 is 32.7 Å². The Labute approximate surface area is 66.4 Å². The number of hydrogen-bond donors (Lipinski definition) is 0. The van der Waals surface area contributed by atoms with Gasteiger partial charge in [-0.3, -0.25) is 6.08 Å². The SMILES string of the molecule is [CH-]=CCPC.[Y+3]. The van der Waals surface area contributed by atoms with Crippen LogP contribution in [0.25, 0.3) is 0 Å². The summed E-state index contributed by atoms with van der Waals surface area (Å²) in [6.07, 6.45) is 2.76. The molecule has 0 rings (SSSR count). The number of hydrogen-bond acceptors (Lipinski definition) is 0. The Morgan fingerprint density at radius 1 is 1.83 bits per heavy atom. The van der Waals surface area contributed by atoms with Crippen molar-refractivity contribution in [2.45, 2.75) is 0 Å². The number of rotatable bonds is 2. The van der Waals surface area contributed by atoms with Crippen molar-refractivity contribution in [3.8, 4) is 0 Å². The molecule has 0 aromatic heterocycles. The monoisotopic (exact) mass is 176 g/mol. The summed E-state index contributed by atoms with van der Waals surface area (Å²) in [5.41, 5.74) is 0. The van der Waals surface area contributed by atoms with Gasteiger partial charge in [-0.2, -0.15) is 0 Å². The van der Waals surface area contributed by atoms with E-state index >= 15 is 0 Å². The zero-order valence-corrected chi connectivity index (χ0v) is 7.78. The van der Waals surface area contributed by atoms with Crippen LogP contribution in [0.2, 0.25) is 0 Å². The third-order valence-corrected chi connectivity index (χ3v) is 0.966. The first-order chi connectivity index (χ1) is 2.41. The molecule has 30 valence electrons. The molecule has 0 aliphatic heterocycles. The first-order valence-corrected chi connectivity index (χ1v) is 3.30. The molecular weight excluding hydrogens is 168 g/mol. The Bertz CT molecular complexity index is 28.7. The maximum absolute atomic E-state index is 5.02. The van der Waals surface area contributed by atoms with Crippen LogP contribution in [0.1, 0.15) is 0 Å². The smallest absolute Gasteiger partial charge is 0.518 e. The third-order valence-electron chi connectivity index (χ3n) is 0.322. The van der Waals surface area contributed by atoms with Gasteiger partial charge in [0.1, 0.15) is 0 Å². The van der Waals surface area contributed by atoms with E-state index in [9.17, 15) is 0 Å². The molecular formula is C4H8PY+2. The molecule has 0 heterocycles. The second-order valence-electron chi connectivity index (χ2n) is 0.793. The van der Waals surface area contributed by atoms with Crippen LogP contribution in [-0.2, 0) is 32.7 Å². The van der Waals surface area contributed by atoms with E-state index in [-0.39, 0.29) is 32.7 Å². The third kappa shape index (κ3) is 8.99. The van der Waals surface area contributed by atoms with Gasteiger partial charge in [0.15, 0.2) is 0 Å². The minimum absolute atomic E-state index is 0. The van der Waals surface area contributed by atoms with Gasteiger partial charge in [0.2, 0.25) is 0 Å². The summed E-state index contributed by atoms with van der Waals surface area (Å²) >= 11 is 0. The number of allylic oxidation sites excluding steroid dienone is 1. The molecule has 0 radical (unpaired) electrons. The molecule has 0 N–H and O–H groups in total. The van der Waals surface area contributed by atoms with Gasteiger partial charge in [-0.1, -0.05) is 0 Å². The summed E-state index contributed by atoms with van der Waals surface area (Å²) in [5, 5.41) is 0. The summed E-state index contributed by atoms with van der Waals surface area (Å²) in [6.45, 7) is 7.15. The quantitative estimate of drug-likeness (QED) is 0.439. The molecule has 1 unspecified atom stereocenters. The topological polar surface area (TPSA) is 0 Å². The molecule has 0 bridgehead atoms. The molecule has 0 saturated carbocycles.